The van der Waals surface area contributed by atoms with Gasteiger partial charge in [-0.15, -0.1) is 0 Å². The second-order valence-corrected chi connectivity index (χ2v) is 7.40. The topological polar surface area (TPSA) is 44.8 Å². The molecule has 2 aromatic carbocycles. The number of aryl methyl sites for hydroxylation is 1. The van der Waals surface area contributed by atoms with Crippen LogP contribution in [0.3, 0.4) is 0 Å². The van der Waals surface area contributed by atoms with Gasteiger partial charge in [-0.1, -0.05) is 24.3 Å². The molecule has 2 heterocycles. The minimum Gasteiger partial charge on any atom is -0.496 e. The number of benzene rings is 2. The summed E-state index contributed by atoms with van der Waals surface area (Å²) < 4.78 is 5.46. The lowest BCUT2D eigenvalue weighted by molar-refractivity contribution is 0.177. The van der Waals surface area contributed by atoms with Crippen LogP contribution in [0.25, 0.3) is 0 Å². The number of amides is 2. The van der Waals surface area contributed by atoms with Gasteiger partial charge in [0.25, 0.3) is 0 Å². The quantitative estimate of drug-likeness (QED) is 0.892. The highest BCUT2D eigenvalue weighted by Gasteiger charge is 2.30. The summed E-state index contributed by atoms with van der Waals surface area (Å²) in [5.41, 5.74) is 4.52. The fourth-order valence-electron chi connectivity index (χ4n) is 4.18. The van der Waals surface area contributed by atoms with Crippen LogP contribution in [0.5, 0.6) is 5.75 Å². The number of nitrogens with zero attached hydrogens (tertiary/aromatic N) is 2. The van der Waals surface area contributed by atoms with Gasteiger partial charge in [-0.25, -0.2) is 4.79 Å². The van der Waals surface area contributed by atoms with Gasteiger partial charge in [0, 0.05) is 43.1 Å². The summed E-state index contributed by atoms with van der Waals surface area (Å²) in [6.07, 6.45) is 2.88. The van der Waals surface area contributed by atoms with Crippen molar-refractivity contribution in [2.24, 2.45) is 0 Å². The van der Waals surface area contributed by atoms with E-state index in [1.165, 1.54) is 11.3 Å². The van der Waals surface area contributed by atoms with Gasteiger partial charge in [0.1, 0.15) is 5.75 Å². The SMILES string of the molecule is COc1cc(N2CCC(N3CCc4ccccc4NC3=O)CC2)ccc1C. The molecule has 0 saturated carbocycles. The van der Waals surface area contributed by atoms with Gasteiger partial charge in [-0.2, -0.15) is 0 Å². The smallest absolute Gasteiger partial charge is 0.322 e. The Balaban J connectivity index is 1.41. The molecule has 1 saturated heterocycles. The third-order valence-electron chi connectivity index (χ3n) is 5.80. The van der Waals surface area contributed by atoms with Crippen LogP contribution in [0, 0.1) is 6.92 Å². The van der Waals surface area contributed by atoms with Gasteiger partial charge >= 0.3 is 6.03 Å². The zero-order valence-electron chi connectivity index (χ0n) is 16.1. The summed E-state index contributed by atoms with van der Waals surface area (Å²) in [5.74, 6) is 0.930. The fraction of sp³-hybridized carbons (Fsp3) is 0.409. The molecule has 0 aromatic heterocycles. The third kappa shape index (κ3) is 3.59. The number of anilines is 2. The first-order valence-electron chi connectivity index (χ1n) is 9.71. The maximum absolute atomic E-state index is 12.7. The lowest BCUT2D eigenvalue weighted by Gasteiger charge is -2.39. The first kappa shape index (κ1) is 17.7. The zero-order valence-corrected chi connectivity index (χ0v) is 16.1. The molecule has 0 radical (unpaired) electrons. The van der Waals surface area contributed by atoms with Crippen molar-refractivity contribution in [1.29, 1.82) is 0 Å². The minimum absolute atomic E-state index is 0.0374. The zero-order chi connectivity index (χ0) is 18.8. The summed E-state index contributed by atoms with van der Waals surface area (Å²) in [6.45, 7) is 4.75. The van der Waals surface area contributed by atoms with Crippen LogP contribution in [0.15, 0.2) is 42.5 Å². The normalized spacial score (nSPS) is 17.9. The van der Waals surface area contributed by atoms with Crippen molar-refractivity contribution in [2.75, 3.05) is 37.0 Å². The predicted molar refractivity (Wildman–Crippen MR) is 109 cm³/mol. The van der Waals surface area contributed by atoms with E-state index >= 15 is 0 Å². The third-order valence-corrected chi connectivity index (χ3v) is 5.80. The number of hydrogen-bond acceptors (Lipinski definition) is 3. The lowest BCUT2D eigenvalue weighted by Crippen LogP contribution is -2.48. The number of nitrogens with one attached hydrogen (secondary N) is 1. The molecule has 1 fully saturated rings. The monoisotopic (exact) mass is 365 g/mol. The molecular weight excluding hydrogens is 338 g/mol. The van der Waals surface area contributed by atoms with Crippen LogP contribution in [0.1, 0.15) is 24.0 Å². The maximum atomic E-state index is 12.7. The van der Waals surface area contributed by atoms with Crippen LogP contribution in [0.2, 0.25) is 0 Å². The van der Waals surface area contributed by atoms with Crippen LogP contribution in [-0.2, 0) is 6.42 Å². The van der Waals surface area contributed by atoms with Crippen LogP contribution >= 0.6 is 0 Å². The van der Waals surface area contributed by atoms with E-state index in [1.807, 2.05) is 23.1 Å². The highest BCUT2D eigenvalue weighted by Crippen LogP contribution is 2.29. The average molecular weight is 365 g/mol. The molecule has 1 N–H and O–H groups in total. The van der Waals surface area contributed by atoms with Crippen LogP contribution in [-0.4, -0.2) is 43.7 Å². The van der Waals surface area contributed by atoms with Crippen molar-refractivity contribution < 1.29 is 9.53 Å². The summed E-state index contributed by atoms with van der Waals surface area (Å²) in [5, 5.41) is 3.09. The van der Waals surface area contributed by atoms with E-state index in [1.54, 1.807) is 7.11 Å². The molecule has 5 heteroatoms. The second kappa shape index (κ2) is 7.51. The Morgan fingerprint density at radius 3 is 2.63 bits per heavy atom. The molecule has 0 bridgehead atoms. The van der Waals surface area contributed by atoms with Crippen LogP contribution in [0.4, 0.5) is 16.2 Å². The Kier molecular flexibility index (Phi) is 4.92. The molecule has 27 heavy (non-hydrogen) atoms. The van der Waals surface area contributed by atoms with Crippen molar-refractivity contribution in [3.05, 3.63) is 53.6 Å². The molecular formula is C22H27N3O2. The lowest BCUT2D eigenvalue weighted by atomic mass is 10.0. The van der Waals surface area contributed by atoms with Gasteiger partial charge in [0.15, 0.2) is 0 Å². The van der Waals surface area contributed by atoms with Crippen molar-refractivity contribution in [1.82, 2.24) is 4.90 Å². The number of carbonyl (C=O) groups excluding carboxylic acids is 1. The molecule has 0 aliphatic carbocycles. The molecule has 2 aromatic rings. The van der Waals surface area contributed by atoms with E-state index in [4.69, 9.17) is 4.74 Å². The Labute approximate surface area is 160 Å². The number of piperidine rings is 1. The second-order valence-electron chi connectivity index (χ2n) is 7.40. The van der Waals surface area contributed by atoms with Crippen molar-refractivity contribution >= 4 is 17.4 Å². The Morgan fingerprint density at radius 2 is 1.85 bits per heavy atom. The van der Waals surface area contributed by atoms with E-state index in [2.05, 4.69) is 41.4 Å². The van der Waals surface area contributed by atoms with Crippen molar-refractivity contribution in [3.63, 3.8) is 0 Å². The van der Waals surface area contributed by atoms with E-state index in [0.29, 0.717) is 6.04 Å². The van der Waals surface area contributed by atoms with Gasteiger partial charge in [0.05, 0.1) is 7.11 Å². The first-order chi connectivity index (χ1) is 13.2. The largest absolute Gasteiger partial charge is 0.496 e. The number of fused-ring (bicyclic) bond motifs is 1. The molecule has 0 spiro atoms. The number of para-hydroxylation sites is 1. The molecule has 0 atom stereocenters. The highest BCUT2D eigenvalue weighted by atomic mass is 16.5. The number of urea groups is 1. The number of ether oxygens (including phenoxy) is 1. The highest BCUT2D eigenvalue weighted by molar-refractivity contribution is 5.91. The molecule has 0 unspecified atom stereocenters. The molecule has 4 rings (SSSR count). The Morgan fingerprint density at radius 1 is 1.07 bits per heavy atom. The minimum atomic E-state index is 0.0374. The number of rotatable bonds is 3. The van der Waals surface area contributed by atoms with Crippen molar-refractivity contribution in [3.8, 4) is 5.75 Å². The molecule has 2 amide bonds. The average Bonchev–Trinajstić information content (AvgIpc) is 2.87. The summed E-state index contributed by atoms with van der Waals surface area (Å²) in [6, 6.07) is 14.8. The molecule has 2 aliphatic rings. The van der Waals surface area contributed by atoms with E-state index in [0.717, 1.165) is 55.9 Å². The number of hydrogen-bond donors (Lipinski definition) is 1. The fourth-order valence-corrected chi connectivity index (χ4v) is 4.18. The maximum Gasteiger partial charge on any atom is 0.322 e. The van der Waals surface area contributed by atoms with E-state index in [9.17, 15) is 4.79 Å². The standard InChI is InChI=1S/C22H27N3O2/c1-16-7-8-19(15-21(16)27-2)24-12-10-18(11-13-24)25-14-9-17-5-3-4-6-20(17)23-22(25)26/h3-8,15,18H,9-14H2,1-2H3,(H,23,26). The summed E-state index contributed by atoms with van der Waals surface area (Å²) >= 11 is 0. The first-order valence-corrected chi connectivity index (χ1v) is 9.71. The summed E-state index contributed by atoms with van der Waals surface area (Å²) in [7, 11) is 1.72. The van der Waals surface area contributed by atoms with E-state index in [-0.39, 0.29) is 6.03 Å². The van der Waals surface area contributed by atoms with Gasteiger partial charge in [0.2, 0.25) is 0 Å². The Hall–Kier alpha value is -2.69. The van der Waals surface area contributed by atoms with Gasteiger partial charge < -0.3 is 19.9 Å². The van der Waals surface area contributed by atoms with Gasteiger partial charge in [-0.05, 0) is 49.4 Å². The van der Waals surface area contributed by atoms with Crippen molar-refractivity contribution in [2.45, 2.75) is 32.2 Å². The van der Waals surface area contributed by atoms with Crippen LogP contribution < -0.4 is 15.0 Å². The molecule has 142 valence electrons. The molecule has 5 nitrogen and oxygen atoms in total. The number of carbonyl (C=O) groups is 1. The number of methoxy groups -OCH3 is 1. The predicted octanol–water partition coefficient (Wildman–Crippen LogP) is 4.06. The van der Waals surface area contributed by atoms with E-state index < -0.39 is 0 Å². The van der Waals surface area contributed by atoms with Gasteiger partial charge in [-0.3, -0.25) is 0 Å². The Bertz CT molecular complexity index is 828. The molecule has 2 aliphatic heterocycles. The summed E-state index contributed by atoms with van der Waals surface area (Å²) in [4.78, 5) is 17.2.